The number of allylic oxidation sites excluding steroid dienone is 1. The predicted molar refractivity (Wildman–Crippen MR) is 89.3 cm³/mol. The summed E-state index contributed by atoms with van der Waals surface area (Å²) in [6, 6.07) is 5.75. The Balaban J connectivity index is 2.15. The van der Waals surface area contributed by atoms with Crippen LogP contribution in [0.15, 0.2) is 44.9 Å². The lowest BCUT2D eigenvalue weighted by molar-refractivity contribution is -0.678. The Kier molecular flexibility index (Phi) is 4.61. The van der Waals surface area contributed by atoms with Gasteiger partial charge in [0.2, 0.25) is 5.69 Å². The SMILES string of the molecule is CCOC(=O)C1=C(C)NC(=O)NC1c1c(=O)o[nH][n+]1-c1ccc(C)cc1. The Morgan fingerprint density at radius 3 is 2.58 bits per heavy atom. The summed E-state index contributed by atoms with van der Waals surface area (Å²) in [5.41, 5.74) is 1.47. The van der Waals surface area contributed by atoms with Gasteiger partial charge in [-0.1, -0.05) is 17.7 Å². The van der Waals surface area contributed by atoms with Crippen molar-refractivity contribution in [3.8, 4) is 5.69 Å². The molecule has 26 heavy (non-hydrogen) atoms. The lowest BCUT2D eigenvalue weighted by Crippen LogP contribution is -2.51. The third-order valence-corrected chi connectivity index (χ3v) is 4.01. The van der Waals surface area contributed by atoms with Crippen LogP contribution in [-0.2, 0) is 9.53 Å². The highest BCUT2D eigenvalue weighted by atomic mass is 16.5. The first kappa shape index (κ1) is 17.5. The van der Waals surface area contributed by atoms with E-state index in [4.69, 9.17) is 9.26 Å². The van der Waals surface area contributed by atoms with Crippen molar-refractivity contribution in [3.05, 3.63) is 57.2 Å². The van der Waals surface area contributed by atoms with Gasteiger partial charge in [0.1, 0.15) is 0 Å². The highest BCUT2D eigenvalue weighted by Crippen LogP contribution is 2.24. The van der Waals surface area contributed by atoms with Crippen LogP contribution in [0.5, 0.6) is 0 Å². The Labute approximate surface area is 148 Å². The topological polar surface area (TPSA) is 117 Å². The molecular formula is C17H19N4O5+. The van der Waals surface area contributed by atoms with Crippen LogP contribution in [0, 0.1) is 6.92 Å². The Bertz CT molecular complexity index is 939. The quantitative estimate of drug-likeness (QED) is 0.550. The number of nitrogens with zero attached hydrogens (tertiary/aromatic N) is 1. The highest BCUT2D eigenvalue weighted by Gasteiger charge is 2.42. The van der Waals surface area contributed by atoms with Crippen LogP contribution < -0.4 is 20.9 Å². The molecule has 0 aliphatic carbocycles. The van der Waals surface area contributed by atoms with Crippen LogP contribution in [0.2, 0.25) is 0 Å². The molecule has 1 aliphatic heterocycles. The zero-order valence-corrected chi connectivity index (χ0v) is 14.6. The molecule has 1 aromatic carbocycles. The number of nitrogens with one attached hydrogen (secondary N) is 3. The molecule has 0 saturated carbocycles. The van der Waals surface area contributed by atoms with Gasteiger partial charge in [-0.15, -0.1) is 0 Å². The van der Waals surface area contributed by atoms with Gasteiger partial charge in [-0.25, -0.2) is 14.4 Å². The molecule has 2 heterocycles. The fourth-order valence-electron chi connectivity index (χ4n) is 2.79. The van der Waals surface area contributed by atoms with Crippen molar-refractivity contribution in [1.82, 2.24) is 15.9 Å². The molecule has 0 saturated heterocycles. The largest absolute Gasteiger partial charge is 0.463 e. The summed E-state index contributed by atoms with van der Waals surface area (Å²) in [6.45, 7) is 5.35. The van der Waals surface area contributed by atoms with E-state index in [0.717, 1.165) is 5.56 Å². The molecule has 1 unspecified atom stereocenters. The number of esters is 1. The second-order valence-electron chi connectivity index (χ2n) is 5.83. The summed E-state index contributed by atoms with van der Waals surface area (Å²) in [4.78, 5) is 36.7. The van der Waals surface area contributed by atoms with E-state index in [9.17, 15) is 14.4 Å². The molecule has 3 rings (SSSR count). The van der Waals surface area contributed by atoms with Gasteiger partial charge in [-0.05, 0) is 30.7 Å². The van der Waals surface area contributed by atoms with Crippen LogP contribution in [0.3, 0.4) is 0 Å². The number of aryl methyl sites for hydroxylation is 1. The predicted octanol–water partition coefficient (Wildman–Crippen LogP) is 0.744. The second kappa shape index (κ2) is 6.87. The average molecular weight is 359 g/mol. The average Bonchev–Trinajstić information content (AvgIpc) is 2.96. The number of carbonyl (C=O) groups is 2. The minimum absolute atomic E-state index is 0.0612. The first-order valence-corrected chi connectivity index (χ1v) is 8.08. The molecule has 0 spiro atoms. The number of hydrogen-bond acceptors (Lipinski definition) is 5. The van der Waals surface area contributed by atoms with E-state index in [1.165, 1.54) is 4.68 Å². The monoisotopic (exact) mass is 359 g/mol. The molecule has 0 radical (unpaired) electrons. The van der Waals surface area contributed by atoms with E-state index in [1.54, 1.807) is 26.0 Å². The van der Waals surface area contributed by atoms with Gasteiger partial charge in [0.25, 0.3) is 0 Å². The molecule has 1 atom stereocenters. The summed E-state index contributed by atoms with van der Waals surface area (Å²) < 4.78 is 11.4. The van der Waals surface area contributed by atoms with Crippen LogP contribution >= 0.6 is 0 Å². The van der Waals surface area contributed by atoms with E-state index >= 15 is 0 Å². The number of carbonyl (C=O) groups excluding carboxylic acids is 2. The summed E-state index contributed by atoms with van der Waals surface area (Å²) in [7, 11) is 0. The molecule has 2 amide bonds. The molecule has 1 aromatic heterocycles. The van der Waals surface area contributed by atoms with E-state index in [0.29, 0.717) is 11.4 Å². The number of aromatic nitrogens is 2. The van der Waals surface area contributed by atoms with Crippen molar-refractivity contribution in [1.29, 1.82) is 0 Å². The first-order chi connectivity index (χ1) is 12.4. The van der Waals surface area contributed by atoms with Crippen LogP contribution in [0.1, 0.15) is 31.1 Å². The summed E-state index contributed by atoms with van der Waals surface area (Å²) in [5, 5.41) is 7.63. The third-order valence-electron chi connectivity index (χ3n) is 4.01. The van der Waals surface area contributed by atoms with Crippen molar-refractivity contribution in [2.45, 2.75) is 26.8 Å². The Morgan fingerprint density at radius 2 is 1.92 bits per heavy atom. The van der Waals surface area contributed by atoms with Crippen molar-refractivity contribution in [3.63, 3.8) is 0 Å². The molecule has 2 aromatic rings. The number of H-pyrrole nitrogens is 1. The molecule has 1 aliphatic rings. The second-order valence-corrected chi connectivity index (χ2v) is 5.83. The minimum atomic E-state index is -1.02. The number of urea groups is 1. The fraction of sp³-hybridized carbons (Fsp3) is 0.294. The molecular weight excluding hydrogens is 340 g/mol. The van der Waals surface area contributed by atoms with Crippen molar-refractivity contribution in [2.24, 2.45) is 0 Å². The zero-order chi connectivity index (χ0) is 18.8. The van der Waals surface area contributed by atoms with Gasteiger partial charge in [0.15, 0.2) is 6.04 Å². The lowest BCUT2D eigenvalue weighted by atomic mass is 10.00. The van der Waals surface area contributed by atoms with E-state index in [1.807, 2.05) is 19.1 Å². The maximum atomic E-state index is 12.4. The normalized spacial score (nSPS) is 16.9. The molecule has 3 N–H and O–H groups in total. The standard InChI is InChI=1S/C17H18N4O5/c1-4-25-15(22)12-10(3)18-17(24)19-13(12)14-16(23)26-20-21(14)11-7-5-9(2)6-8-11/h5-8,13H,4H2,1-3H3,(H2-,18,19,20,22,23,24)/p+1. The van der Waals surface area contributed by atoms with Crippen molar-refractivity contribution in [2.75, 3.05) is 6.61 Å². The highest BCUT2D eigenvalue weighted by molar-refractivity contribution is 5.94. The van der Waals surface area contributed by atoms with Crippen LogP contribution in [0.25, 0.3) is 5.69 Å². The summed E-state index contributed by atoms with van der Waals surface area (Å²) >= 11 is 0. The van der Waals surface area contributed by atoms with Gasteiger partial charge in [-0.2, -0.15) is 0 Å². The smallest absolute Gasteiger partial charge is 0.433 e. The molecule has 136 valence electrons. The number of benzene rings is 1. The number of aromatic amines is 1. The van der Waals surface area contributed by atoms with E-state index in [-0.39, 0.29) is 17.9 Å². The Morgan fingerprint density at radius 1 is 1.23 bits per heavy atom. The maximum Gasteiger partial charge on any atom is 0.433 e. The van der Waals surface area contributed by atoms with Crippen molar-refractivity contribution < 1.29 is 23.5 Å². The number of amides is 2. The van der Waals surface area contributed by atoms with Gasteiger partial charge < -0.3 is 15.4 Å². The maximum absolute atomic E-state index is 12.4. The zero-order valence-electron chi connectivity index (χ0n) is 14.6. The lowest BCUT2D eigenvalue weighted by Gasteiger charge is -2.24. The van der Waals surface area contributed by atoms with Gasteiger partial charge in [0.05, 0.1) is 12.2 Å². The number of hydrogen-bond donors (Lipinski definition) is 3. The first-order valence-electron chi connectivity index (χ1n) is 8.08. The number of ether oxygens (including phenoxy) is 1. The summed E-state index contributed by atoms with van der Waals surface area (Å²) in [5.74, 6) is -0.626. The van der Waals surface area contributed by atoms with Gasteiger partial charge in [-0.3, -0.25) is 4.52 Å². The Hall–Kier alpha value is -3.36. The third kappa shape index (κ3) is 3.10. The van der Waals surface area contributed by atoms with E-state index in [2.05, 4.69) is 15.9 Å². The molecule has 9 heteroatoms. The van der Waals surface area contributed by atoms with Crippen LogP contribution in [0.4, 0.5) is 4.79 Å². The van der Waals surface area contributed by atoms with Gasteiger partial charge in [0, 0.05) is 17.8 Å². The fourth-order valence-corrected chi connectivity index (χ4v) is 2.79. The minimum Gasteiger partial charge on any atom is -0.463 e. The number of rotatable bonds is 4. The van der Waals surface area contributed by atoms with Crippen LogP contribution in [-0.4, -0.2) is 23.9 Å². The molecule has 0 bridgehead atoms. The van der Waals surface area contributed by atoms with Gasteiger partial charge >= 0.3 is 23.3 Å². The van der Waals surface area contributed by atoms with Crippen molar-refractivity contribution >= 4 is 12.0 Å². The summed E-state index contributed by atoms with van der Waals surface area (Å²) in [6.07, 6.45) is 0. The van der Waals surface area contributed by atoms with E-state index < -0.39 is 23.7 Å². The molecule has 9 nitrogen and oxygen atoms in total. The molecule has 0 fully saturated rings.